The van der Waals surface area contributed by atoms with Crippen LogP contribution in [0.25, 0.3) is 0 Å². The molecule has 0 atom stereocenters. The molecule has 80 valence electrons. The van der Waals surface area contributed by atoms with Gasteiger partial charge in [0.2, 0.25) is 5.69 Å². The van der Waals surface area contributed by atoms with Crippen LogP contribution in [-0.4, -0.2) is 12.8 Å². The topological polar surface area (TPSA) is 23.2 Å². The first kappa shape index (κ1) is 10.2. The summed E-state index contributed by atoms with van der Waals surface area (Å²) in [4.78, 5) is 3.49. The summed E-state index contributed by atoms with van der Waals surface area (Å²) >= 11 is 0. The Labute approximate surface area is 91.0 Å². The summed E-state index contributed by atoms with van der Waals surface area (Å²) in [5.74, 6) is 0.913. The van der Waals surface area contributed by atoms with Gasteiger partial charge >= 0.3 is 0 Å². The van der Waals surface area contributed by atoms with E-state index in [1.54, 1.807) is 7.11 Å². The Morgan fingerprint density at radius 1 is 1.13 bits per heavy atom. The summed E-state index contributed by atoms with van der Waals surface area (Å²) in [7, 11) is 1.70. The fourth-order valence-corrected chi connectivity index (χ4v) is 2.01. The van der Waals surface area contributed by atoms with Crippen LogP contribution in [0.15, 0.2) is 24.3 Å². The fourth-order valence-electron chi connectivity index (χ4n) is 2.01. The molecular formula is C13H18NO+. The van der Waals surface area contributed by atoms with Crippen LogP contribution < -0.4 is 9.73 Å². The molecule has 0 unspecified atom stereocenters. The van der Waals surface area contributed by atoms with Gasteiger partial charge in [0.1, 0.15) is 5.75 Å². The standard InChI is InChI=1S/C13H17NO/c1-15-13-9-5-8-12(10-13)14-11-6-3-2-4-7-11/h5,8-10H,2-4,6-7H2,1H3/p+1. The van der Waals surface area contributed by atoms with Crippen LogP contribution in [0.1, 0.15) is 32.1 Å². The molecule has 2 nitrogen and oxygen atoms in total. The quantitative estimate of drug-likeness (QED) is 0.780. The predicted molar refractivity (Wildman–Crippen MR) is 61.7 cm³/mol. The summed E-state index contributed by atoms with van der Waals surface area (Å²) in [6.07, 6.45) is 6.47. The molecule has 2 heteroatoms. The van der Waals surface area contributed by atoms with E-state index in [1.807, 2.05) is 18.2 Å². The highest BCUT2D eigenvalue weighted by Gasteiger charge is 2.12. The maximum Gasteiger partial charge on any atom is 0.207 e. The minimum atomic E-state index is 0.913. The summed E-state index contributed by atoms with van der Waals surface area (Å²) < 4.78 is 5.19. The van der Waals surface area contributed by atoms with Crippen LogP contribution in [0.4, 0.5) is 5.69 Å². The van der Waals surface area contributed by atoms with E-state index in [-0.39, 0.29) is 0 Å². The molecule has 0 heterocycles. The van der Waals surface area contributed by atoms with Crippen molar-refractivity contribution in [2.75, 3.05) is 7.11 Å². The van der Waals surface area contributed by atoms with Crippen molar-refractivity contribution in [3.05, 3.63) is 24.3 Å². The smallest absolute Gasteiger partial charge is 0.207 e. The lowest BCUT2D eigenvalue weighted by Gasteiger charge is -2.07. The molecule has 1 aromatic carbocycles. The first-order valence-corrected chi connectivity index (χ1v) is 5.64. The van der Waals surface area contributed by atoms with E-state index in [4.69, 9.17) is 4.74 Å². The number of benzene rings is 1. The highest BCUT2D eigenvalue weighted by molar-refractivity contribution is 5.80. The van der Waals surface area contributed by atoms with Crippen molar-refractivity contribution in [2.45, 2.75) is 32.1 Å². The van der Waals surface area contributed by atoms with Gasteiger partial charge in [0.05, 0.1) is 13.2 Å². The Hall–Kier alpha value is -1.31. The molecule has 1 aromatic rings. The second-order valence-corrected chi connectivity index (χ2v) is 4.02. The molecule has 2 rings (SSSR count). The summed E-state index contributed by atoms with van der Waals surface area (Å²) in [5, 5.41) is 0. The van der Waals surface area contributed by atoms with Gasteiger partial charge in [0.25, 0.3) is 0 Å². The first-order valence-electron chi connectivity index (χ1n) is 5.64. The van der Waals surface area contributed by atoms with E-state index >= 15 is 0 Å². The van der Waals surface area contributed by atoms with Gasteiger partial charge in [-0.25, -0.2) is 4.99 Å². The van der Waals surface area contributed by atoms with E-state index in [0.29, 0.717) is 0 Å². The largest absolute Gasteiger partial charge is 0.497 e. The highest BCUT2D eigenvalue weighted by atomic mass is 16.5. The maximum absolute atomic E-state index is 5.19. The molecule has 15 heavy (non-hydrogen) atoms. The van der Waals surface area contributed by atoms with E-state index in [2.05, 4.69) is 11.1 Å². The Balaban J connectivity index is 2.14. The van der Waals surface area contributed by atoms with E-state index in [0.717, 1.165) is 11.4 Å². The van der Waals surface area contributed by atoms with E-state index in [9.17, 15) is 0 Å². The second-order valence-electron chi connectivity index (χ2n) is 4.02. The molecule has 1 N–H and O–H groups in total. The average Bonchev–Trinajstić information content (AvgIpc) is 2.31. The number of ether oxygens (including phenoxy) is 1. The molecule has 0 bridgehead atoms. The van der Waals surface area contributed by atoms with Crippen molar-refractivity contribution in [1.82, 2.24) is 0 Å². The molecule has 1 aliphatic rings. The van der Waals surface area contributed by atoms with Crippen LogP contribution in [0.2, 0.25) is 0 Å². The highest BCUT2D eigenvalue weighted by Crippen LogP contribution is 2.14. The first-order chi connectivity index (χ1) is 7.38. The van der Waals surface area contributed by atoms with Gasteiger partial charge in [-0.15, -0.1) is 0 Å². The molecule has 1 fully saturated rings. The zero-order chi connectivity index (χ0) is 10.5. The van der Waals surface area contributed by atoms with Crippen molar-refractivity contribution < 1.29 is 9.73 Å². The van der Waals surface area contributed by atoms with Gasteiger partial charge in [-0.3, -0.25) is 0 Å². The minimum Gasteiger partial charge on any atom is -0.497 e. The van der Waals surface area contributed by atoms with Crippen molar-refractivity contribution in [2.24, 2.45) is 0 Å². The zero-order valence-electron chi connectivity index (χ0n) is 9.25. The SMILES string of the molecule is COc1cccc([NH+]=C2CCCCC2)c1. The minimum absolute atomic E-state index is 0.913. The molecule has 0 aromatic heterocycles. The van der Waals surface area contributed by atoms with E-state index < -0.39 is 0 Å². The van der Waals surface area contributed by atoms with Gasteiger partial charge in [0, 0.05) is 18.9 Å². The number of hydrogen-bond donors (Lipinski definition) is 1. The van der Waals surface area contributed by atoms with Crippen molar-refractivity contribution in [3.8, 4) is 5.75 Å². The van der Waals surface area contributed by atoms with Crippen molar-refractivity contribution in [3.63, 3.8) is 0 Å². The molecule has 0 saturated heterocycles. The van der Waals surface area contributed by atoms with E-state index in [1.165, 1.54) is 37.8 Å². The van der Waals surface area contributed by atoms with Gasteiger partial charge in [0.15, 0.2) is 5.71 Å². The summed E-state index contributed by atoms with van der Waals surface area (Å²) in [6, 6.07) is 8.12. The van der Waals surface area contributed by atoms with Gasteiger partial charge in [-0.2, -0.15) is 0 Å². The van der Waals surface area contributed by atoms with Crippen LogP contribution in [0, 0.1) is 0 Å². The second kappa shape index (κ2) is 4.96. The maximum atomic E-state index is 5.19. The van der Waals surface area contributed by atoms with Crippen LogP contribution in [0.5, 0.6) is 5.75 Å². The molecule has 0 spiro atoms. The number of rotatable bonds is 2. The number of methoxy groups -OCH3 is 1. The molecule has 1 aliphatic carbocycles. The number of nitrogens with one attached hydrogen (secondary N) is 1. The van der Waals surface area contributed by atoms with Crippen molar-refractivity contribution in [1.29, 1.82) is 0 Å². The lowest BCUT2D eigenvalue weighted by Crippen LogP contribution is -2.66. The predicted octanol–water partition coefficient (Wildman–Crippen LogP) is 1.81. The fraction of sp³-hybridized carbons (Fsp3) is 0.462. The third kappa shape index (κ3) is 2.82. The zero-order valence-corrected chi connectivity index (χ0v) is 9.25. The third-order valence-corrected chi connectivity index (χ3v) is 2.85. The van der Waals surface area contributed by atoms with Crippen LogP contribution in [0.3, 0.4) is 0 Å². The Morgan fingerprint density at radius 2 is 1.93 bits per heavy atom. The van der Waals surface area contributed by atoms with Gasteiger partial charge in [-0.05, 0) is 18.9 Å². The molecule has 1 saturated carbocycles. The Morgan fingerprint density at radius 3 is 2.67 bits per heavy atom. The Bertz CT molecular complexity index is 349. The summed E-state index contributed by atoms with van der Waals surface area (Å²) in [6.45, 7) is 0. The normalized spacial score (nSPS) is 16.2. The number of hydrogen-bond acceptors (Lipinski definition) is 1. The van der Waals surface area contributed by atoms with Crippen molar-refractivity contribution >= 4 is 11.4 Å². The average molecular weight is 204 g/mol. The van der Waals surface area contributed by atoms with Crippen LogP contribution >= 0.6 is 0 Å². The van der Waals surface area contributed by atoms with Gasteiger partial charge < -0.3 is 4.74 Å². The molecule has 0 amide bonds. The molecule has 0 radical (unpaired) electrons. The lowest BCUT2D eigenvalue weighted by atomic mass is 9.98. The Kier molecular flexibility index (Phi) is 3.38. The monoisotopic (exact) mass is 204 g/mol. The lowest BCUT2D eigenvalue weighted by molar-refractivity contribution is -0.357. The molecule has 0 aliphatic heterocycles. The molecular weight excluding hydrogens is 186 g/mol. The van der Waals surface area contributed by atoms with Crippen LogP contribution in [-0.2, 0) is 0 Å². The van der Waals surface area contributed by atoms with Gasteiger partial charge in [-0.1, -0.05) is 12.5 Å². The third-order valence-electron chi connectivity index (χ3n) is 2.85. The summed E-state index contributed by atoms with van der Waals surface area (Å²) in [5.41, 5.74) is 2.61.